The number of nitrogens with two attached hydrogens (primary N) is 1. The molecule has 0 aliphatic carbocycles. The number of nitrogens with zero attached hydrogens (tertiary/aromatic N) is 6. The number of hydrogen-bond donors (Lipinski definition) is 1. The summed E-state index contributed by atoms with van der Waals surface area (Å²) in [4.78, 5) is 14.3. The highest BCUT2D eigenvalue weighted by Gasteiger charge is 2.54. The van der Waals surface area contributed by atoms with Crippen molar-refractivity contribution < 1.29 is 13.6 Å². The average molecular weight is 650 g/mol. The maximum Gasteiger partial charge on any atom is 0.192 e. The minimum absolute atomic E-state index is 0.0000546. The number of aromatic nitrogens is 6. The largest absolute Gasteiger partial charge is 0.408 e. The van der Waals surface area contributed by atoms with Crippen molar-refractivity contribution in [3.05, 3.63) is 54.6 Å². The van der Waals surface area contributed by atoms with Crippen molar-refractivity contribution >= 4 is 33.6 Å². The van der Waals surface area contributed by atoms with Gasteiger partial charge in [-0.05, 0) is 48.2 Å². The van der Waals surface area contributed by atoms with Crippen molar-refractivity contribution in [2.45, 2.75) is 122 Å². The number of benzene rings is 1. The van der Waals surface area contributed by atoms with E-state index in [1.807, 2.05) is 33.6 Å². The molecule has 1 saturated heterocycles. The fraction of sp³-hybridized carbons (Fsp3) is 0.576. The summed E-state index contributed by atoms with van der Waals surface area (Å²) in [7, 11) is -4.42. The molecule has 0 radical (unpaired) electrons. The van der Waals surface area contributed by atoms with E-state index in [0.717, 1.165) is 17.5 Å². The van der Waals surface area contributed by atoms with Gasteiger partial charge in [-0.25, -0.2) is 15.0 Å². The highest BCUT2D eigenvalue weighted by Crippen LogP contribution is 2.46. The first kappa shape index (κ1) is 33.5. The molecule has 1 aromatic carbocycles. The molecular formula is C33H51N7O3Si2. The first-order valence-electron chi connectivity index (χ1n) is 16.0. The van der Waals surface area contributed by atoms with Crippen molar-refractivity contribution in [1.29, 1.82) is 0 Å². The summed E-state index contributed by atoms with van der Waals surface area (Å²) in [5, 5.41) is 4.60. The summed E-state index contributed by atoms with van der Waals surface area (Å²) in [5.74, 6) is 0.799. The number of nitrogen functional groups attached to an aromatic ring is 1. The van der Waals surface area contributed by atoms with Crippen LogP contribution in [0, 0.1) is 0 Å². The monoisotopic (exact) mass is 649 g/mol. The van der Waals surface area contributed by atoms with Crippen molar-refractivity contribution in [3.63, 3.8) is 0 Å². The van der Waals surface area contributed by atoms with E-state index < -0.39 is 22.9 Å². The van der Waals surface area contributed by atoms with Crippen LogP contribution >= 0.6 is 0 Å². The quantitative estimate of drug-likeness (QED) is 0.187. The second kappa shape index (κ2) is 12.0. The van der Waals surface area contributed by atoms with Crippen molar-refractivity contribution in [3.8, 4) is 11.4 Å². The summed E-state index contributed by atoms with van der Waals surface area (Å²) >= 11 is 0. The third-order valence-corrected chi connectivity index (χ3v) is 18.9. The Bertz CT molecular complexity index is 1620. The molecule has 244 valence electrons. The number of ether oxygens (including phenoxy) is 1. The smallest absolute Gasteiger partial charge is 0.192 e. The number of rotatable bonds is 9. The van der Waals surface area contributed by atoms with Crippen LogP contribution in [0.5, 0.6) is 0 Å². The van der Waals surface area contributed by atoms with Crippen LogP contribution in [0.1, 0.15) is 66.7 Å². The summed E-state index contributed by atoms with van der Waals surface area (Å²) in [5.41, 5.74) is 9.58. The lowest BCUT2D eigenvalue weighted by atomic mass is 10.1. The van der Waals surface area contributed by atoms with E-state index in [4.69, 9.17) is 24.3 Å². The van der Waals surface area contributed by atoms with Crippen LogP contribution in [0.25, 0.3) is 22.6 Å². The van der Waals surface area contributed by atoms with Gasteiger partial charge in [0, 0.05) is 6.20 Å². The van der Waals surface area contributed by atoms with Crippen LogP contribution in [0.15, 0.2) is 49.1 Å². The maximum absolute atomic E-state index is 7.23. The Morgan fingerprint density at radius 1 is 0.911 bits per heavy atom. The highest BCUT2D eigenvalue weighted by atomic mass is 28.4. The molecule has 1 aliphatic rings. The number of imidazole rings is 1. The first-order chi connectivity index (χ1) is 20.9. The topological polar surface area (TPSA) is 115 Å². The molecule has 4 heterocycles. The van der Waals surface area contributed by atoms with Gasteiger partial charge in [0.25, 0.3) is 0 Å². The zero-order chi connectivity index (χ0) is 32.9. The molecular weight excluding hydrogens is 599 g/mol. The fourth-order valence-corrected chi connectivity index (χ4v) is 7.76. The zero-order valence-electron chi connectivity index (χ0n) is 28.8. The van der Waals surface area contributed by atoms with Crippen LogP contribution in [0.4, 0.5) is 5.82 Å². The molecule has 0 bridgehead atoms. The van der Waals surface area contributed by atoms with Gasteiger partial charge < -0.3 is 19.3 Å². The Hall–Kier alpha value is -2.91. The minimum Gasteiger partial charge on any atom is -0.408 e. The van der Waals surface area contributed by atoms with E-state index in [9.17, 15) is 0 Å². The van der Waals surface area contributed by atoms with E-state index in [0.29, 0.717) is 29.4 Å². The molecule has 0 spiro atoms. The minimum atomic E-state index is -2.25. The maximum atomic E-state index is 7.23. The molecule has 2 N–H and O–H groups in total. The van der Waals surface area contributed by atoms with E-state index in [2.05, 4.69) is 102 Å². The molecule has 1 fully saturated rings. The second-order valence-electron chi connectivity index (χ2n) is 15.3. The number of anilines is 1. The molecule has 45 heavy (non-hydrogen) atoms. The Morgan fingerprint density at radius 3 is 2.13 bits per heavy atom. The van der Waals surface area contributed by atoms with Crippen LogP contribution in [0.2, 0.25) is 36.3 Å². The fourth-order valence-electron chi connectivity index (χ4n) is 5.15. The molecule has 1 aliphatic heterocycles. The average Bonchev–Trinajstić information content (AvgIpc) is 3.66. The number of fused-ring (bicyclic) bond motifs is 1. The van der Waals surface area contributed by atoms with Crippen molar-refractivity contribution in [1.82, 2.24) is 29.3 Å². The molecule has 3 aromatic heterocycles. The summed E-state index contributed by atoms with van der Waals surface area (Å²) in [6.07, 6.45) is 5.04. The highest BCUT2D eigenvalue weighted by molar-refractivity contribution is 6.74. The lowest BCUT2D eigenvalue weighted by molar-refractivity contribution is -0.0324. The molecule has 0 saturated carbocycles. The third kappa shape index (κ3) is 6.66. The molecule has 10 nitrogen and oxygen atoms in total. The van der Waals surface area contributed by atoms with Crippen LogP contribution in [-0.2, 0) is 20.1 Å². The Kier molecular flexibility index (Phi) is 8.95. The molecule has 0 amide bonds. The third-order valence-electron chi connectivity index (χ3n) is 9.96. The molecule has 1 unspecified atom stereocenters. The van der Waals surface area contributed by atoms with Gasteiger partial charge in [-0.15, -0.1) is 0 Å². The van der Waals surface area contributed by atoms with Crippen LogP contribution in [-0.4, -0.2) is 64.2 Å². The Morgan fingerprint density at radius 2 is 1.53 bits per heavy atom. The van der Waals surface area contributed by atoms with Gasteiger partial charge in [-0.2, -0.15) is 5.10 Å². The SMILES string of the molecule is CC[C@H]1OC(n2cnc3c(N)nc(-c4cnn(Cc5ccccc5)c4)nc32)[C@H](O[Si](C)(C)C(C)(C)C)[C@@H]1O[Si](C)(C)C(C)(C)C. The summed E-state index contributed by atoms with van der Waals surface area (Å²) in [6, 6.07) is 10.2. The van der Waals surface area contributed by atoms with Gasteiger partial charge in [-0.1, -0.05) is 78.8 Å². The molecule has 12 heteroatoms. The van der Waals surface area contributed by atoms with E-state index >= 15 is 0 Å². The zero-order valence-corrected chi connectivity index (χ0v) is 30.8. The van der Waals surface area contributed by atoms with E-state index in [1.165, 1.54) is 0 Å². The molecule has 5 rings (SSSR count). The van der Waals surface area contributed by atoms with E-state index in [-0.39, 0.29) is 28.4 Å². The van der Waals surface area contributed by atoms with Crippen molar-refractivity contribution in [2.75, 3.05) is 5.73 Å². The summed E-state index contributed by atoms with van der Waals surface area (Å²) < 4.78 is 25.1. The van der Waals surface area contributed by atoms with Crippen molar-refractivity contribution in [2.24, 2.45) is 0 Å². The second-order valence-corrected chi connectivity index (χ2v) is 24.8. The predicted octanol–water partition coefficient (Wildman–Crippen LogP) is 7.41. The first-order valence-corrected chi connectivity index (χ1v) is 21.8. The standard InChI is InChI=1S/C33H51N7O3Si2/c1-12-24-26(42-44(8,9)32(2,3)4)27(43-45(10,11)33(5,6)7)31(41-24)40-21-35-25-28(34)37-29(38-30(25)40)23-18-36-39(20-23)19-22-16-14-13-15-17-22/h13-18,20-21,24,26-27,31H,12,19H2,1-11H3,(H2,34,37,38)/t24-,26-,27-,31?/m1/s1. The Balaban J connectivity index is 1.56. The van der Waals surface area contributed by atoms with Gasteiger partial charge in [0.05, 0.1) is 30.7 Å². The van der Waals surface area contributed by atoms with Gasteiger partial charge in [0.2, 0.25) is 0 Å². The summed E-state index contributed by atoms with van der Waals surface area (Å²) in [6.45, 7) is 25.5. The van der Waals surface area contributed by atoms with Gasteiger partial charge in [-0.3, -0.25) is 9.25 Å². The Labute approximate surface area is 270 Å². The number of hydrogen-bond acceptors (Lipinski definition) is 8. The molecule has 4 aromatic rings. The molecule has 4 atom stereocenters. The van der Waals surface area contributed by atoms with Gasteiger partial charge >= 0.3 is 0 Å². The predicted molar refractivity (Wildman–Crippen MR) is 185 cm³/mol. The van der Waals surface area contributed by atoms with Gasteiger partial charge in [0.15, 0.2) is 40.2 Å². The van der Waals surface area contributed by atoms with E-state index in [1.54, 1.807) is 12.5 Å². The normalized spacial score (nSPS) is 21.6. The van der Waals surface area contributed by atoms with Gasteiger partial charge in [0.1, 0.15) is 17.7 Å². The lowest BCUT2D eigenvalue weighted by Crippen LogP contribution is -2.53. The van der Waals surface area contributed by atoms with Crippen LogP contribution < -0.4 is 5.73 Å². The lowest BCUT2D eigenvalue weighted by Gasteiger charge is -2.44. The van der Waals surface area contributed by atoms with Crippen LogP contribution in [0.3, 0.4) is 0 Å².